The summed E-state index contributed by atoms with van der Waals surface area (Å²) in [5.74, 6) is 0. The maximum Gasteiger partial charge on any atom is 0.209 e. The summed E-state index contributed by atoms with van der Waals surface area (Å²) in [6.45, 7) is 4.57. The molecule has 106 valence electrons. The van der Waals surface area contributed by atoms with Crippen molar-refractivity contribution in [1.29, 1.82) is 0 Å². The van der Waals surface area contributed by atoms with Crippen molar-refractivity contribution in [2.24, 2.45) is 0 Å². The van der Waals surface area contributed by atoms with Crippen molar-refractivity contribution < 1.29 is 13.2 Å². The maximum atomic E-state index is 11.2. The molecule has 0 aliphatic carbocycles. The highest BCUT2D eigenvalue weighted by Gasteiger charge is 2.13. The van der Waals surface area contributed by atoms with Gasteiger partial charge in [0.05, 0.1) is 19.5 Å². The molecule has 1 fully saturated rings. The van der Waals surface area contributed by atoms with E-state index in [9.17, 15) is 8.42 Å². The van der Waals surface area contributed by atoms with Crippen LogP contribution in [0.1, 0.15) is 11.1 Å². The molecule has 1 aromatic carbocycles. The topological polar surface area (TPSA) is 58.6 Å². The predicted octanol–water partition coefficient (Wildman–Crippen LogP) is 0.568. The van der Waals surface area contributed by atoms with Gasteiger partial charge in [-0.1, -0.05) is 24.3 Å². The summed E-state index contributed by atoms with van der Waals surface area (Å²) in [5, 5.41) is 0. The molecule has 0 unspecified atom stereocenters. The van der Waals surface area contributed by atoms with E-state index in [1.54, 1.807) is 0 Å². The van der Waals surface area contributed by atoms with Crippen LogP contribution in [-0.4, -0.2) is 45.9 Å². The van der Waals surface area contributed by atoms with Gasteiger partial charge >= 0.3 is 0 Å². The molecule has 0 radical (unpaired) electrons. The highest BCUT2D eigenvalue weighted by atomic mass is 32.2. The number of hydrogen-bond donors (Lipinski definition) is 1. The minimum atomic E-state index is -3.16. The van der Waals surface area contributed by atoms with Crippen LogP contribution in [0.25, 0.3) is 0 Å². The number of sulfonamides is 1. The lowest BCUT2D eigenvalue weighted by molar-refractivity contribution is 0.0341. The van der Waals surface area contributed by atoms with E-state index in [1.165, 1.54) is 11.8 Å². The molecular formula is C13H20N2O3S. The Bertz CT molecular complexity index is 510. The lowest BCUT2D eigenvalue weighted by Crippen LogP contribution is -2.36. The molecule has 0 bridgehead atoms. The van der Waals surface area contributed by atoms with Gasteiger partial charge in [-0.15, -0.1) is 0 Å². The third-order valence-electron chi connectivity index (χ3n) is 3.14. The Kier molecular flexibility index (Phi) is 4.93. The molecule has 6 heteroatoms. The molecule has 0 saturated carbocycles. The minimum Gasteiger partial charge on any atom is -0.379 e. The van der Waals surface area contributed by atoms with Crippen molar-refractivity contribution in [2.75, 3.05) is 32.6 Å². The second-order valence-corrected chi connectivity index (χ2v) is 6.58. The van der Waals surface area contributed by atoms with Crippen molar-refractivity contribution >= 4 is 10.0 Å². The Morgan fingerprint density at radius 3 is 2.47 bits per heavy atom. The van der Waals surface area contributed by atoms with Crippen molar-refractivity contribution in [2.45, 2.75) is 13.1 Å². The zero-order chi connectivity index (χ0) is 13.7. The van der Waals surface area contributed by atoms with Gasteiger partial charge in [-0.25, -0.2) is 13.1 Å². The van der Waals surface area contributed by atoms with Crippen LogP contribution in [0.4, 0.5) is 0 Å². The molecule has 0 atom stereocenters. The number of nitrogens with one attached hydrogen (secondary N) is 1. The van der Waals surface area contributed by atoms with Crippen LogP contribution in [0, 0.1) is 0 Å². The van der Waals surface area contributed by atoms with E-state index in [0.29, 0.717) is 6.54 Å². The molecular weight excluding hydrogens is 264 g/mol. The van der Waals surface area contributed by atoms with Crippen molar-refractivity contribution in [1.82, 2.24) is 9.62 Å². The fourth-order valence-corrected chi connectivity index (χ4v) is 2.51. The lowest BCUT2D eigenvalue weighted by Gasteiger charge is -2.27. The zero-order valence-corrected chi connectivity index (χ0v) is 11.9. The van der Waals surface area contributed by atoms with E-state index >= 15 is 0 Å². The van der Waals surface area contributed by atoms with Crippen LogP contribution in [-0.2, 0) is 27.8 Å². The Balaban J connectivity index is 2.02. The summed E-state index contributed by atoms with van der Waals surface area (Å²) < 4.78 is 30.2. The third-order valence-corrected chi connectivity index (χ3v) is 3.81. The Labute approximate surface area is 114 Å². The van der Waals surface area contributed by atoms with Gasteiger partial charge in [-0.3, -0.25) is 4.90 Å². The largest absolute Gasteiger partial charge is 0.379 e. The van der Waals surface area contributed by atoms with Crippen molar-refractivity contribution in [3.05, 3.63) is 35.4 Å². The van der Waals surface area contributed by atoms with Gasteiger partial charge in [0.1, 0.15) is 0 Å². The first-order chi connectivity index (χ1) is 9.04. The molecule has 1 aliphatic heterocycles. The Hall–Kier alpha value is -0.950. The average molecular weight is 284 g/mol. The number of hydrogen-bond acceptors (Lipinski definition) is 4. The molecule has 5 nitrogen and oxygen atoms in total. The molecule has 19 heavy (non-hydrogen) atoms. The summed E-state index contributed by atoms with van der Waals surface area (Å²) in [6, 6.07) is 7.94. The normalized spacial score (nSPS) is 17.5. The van der Waals surface area contributed by atoms with Crippen molar-refractivity contribution in [3.8, 4) is 0 Å². The molecule has 0 aromatic heterocycles. The van der Waals surface area contributed by atoms with Gasteiger partial charge in [0.2, 0.25) is 10.0 Å². The first kappa shape index (κ1) is 14.5. The lowest BCUT2D eigenvalue weighted by atomic mass is 10.1. The van der Waals surface area contributed by atoms with E-state index in [-0.39, 0.29) is 0 Å². The Morgan fingerprint density at radius 1 is 1.21 bits per heavy atom. The number of nitrogens with zero attached hydrogens (tertiary/aromatic N) is 1. The van der Waals surface area contributed by atoms with Crippen molar-refractivity contribution in [3.63, 3.8) is 0 Å². The van der Waals surface area contributed by atoms with Crippen LogP contribution < -0.4 is 4.72 Å². The van der Waals surface area contributed by atoms with Gasteiger partial charge < -0.3 is 4.74 Å². The third kappa shape index (κ3) is 4.91. The first-order valence-corrected chi connectivity index (χ1v) is 8.25. The van der Waals surface area contributed by atoms with Gasteiger partial charge in [-0.2, -0.15) is 0 Å². The van der Waals surface area contributed by atoms with Gasteiger partial charge in [0.25, 0.3) is 0 Å². The summed E-state index contributed by atoms with van der Waals surface area (Å²) in [5.41, 5.74) is 2.19. The van der Waals surface area contributed by atoms with E-state index in [1.807, 2.05) is 18.2 Å². The molecule has 0 spiro atoms. The van der Waals surface area contributed by atoms with E-state index in [0.717, 1.165) is 38.4 Å². The maximum absolute atomic E-state index is 11.2. The summed E-state index contributed by atoms with van der Waals surface area (Å²) in [7, 11) is -3.16. The van der Waals surface area contributed by atoms with Crippen LogP contribution in [0.3, 0.4) is 0 Å². The fourth-order valence-electron chi connectivity index (χ4n) is 2.09. The molecule has 1 aliphatic rings. The van der Waals surface area contributed by atoms with E-state index < -0.39 is 10.0 Å². The van der Waals surface area contributed by atoms with Gasteiger partial charge in [0.15, 0.2) is 0 Å². The fraction of sp³-hybridized carbons (Fsp3) is 0.538. The zero-order valence-electron chi connectivity index (χ0n) is 11.1. The standard InChI is InChI=1S/C13H20N2O3S/c1-19(16,17)14-10-12-4-2-3-5-13(12)11-15-6-8-18-9-7-15/h2-5,14H,6-11H2,1H3. The predicted molar refractivity (Wildman–Crippen MR) is 74.2 cm³/mol. The Morgan fingerprint density at radius 2 is 1.84 bits per heavy atom. The SMILES string of the molecule is CS(=O)(=O)NCc1ccccc1CN1CCOCC1. The molecule has 1 aromatic rings. The van der Waals surface area contributed by atoms with Crippen LogP contribution in [0.15, 0.2) is 24.3 Å². The minimum absolute atomic E-state index is 0.347. The molecule has 0 amide bonds. The number of morpholine rings is 1. The smallest absolute Gasteiger partial charge is 0.209 e. The number of benzene rings is 1. The van der Waals surface area contributed by atoms with Crippen LogP contribution in [0.5, 0.6) is 0 Å². The molecule has 1 saturated heterocycles. The monoisotopic (exact) mass is 284 g/mol. The summed E-state index contributed by atoms with van der Waals surface area (Å²) in [6.07, 6.45) is 1.18. The quantitative estimate of drug-likeness (QED) is 0.859. The van der Waals surface area contributed by atoms with E-state index in [4.69, 9.17) is 4.74 Å². The molecule has 1 heterocycles. The highest BCUT2D eigenvalue weighted by Crippen LogP contribution is 2.13. The highest BCUT2D eigenvalue weighted by molar-refractivity contribution is 7.88. The van der Waals surface area contributed by atoms with Crippen LogP contribution >= 0.6 is 0 Å². The molecule has 1 N–H and O–H groups in total. The average Bonchev–Trinajstić information content (AvgIpc) is 2.38. The van der Waals surface area contributed by atoms with E-state index in [2.05, 4.69) is 15.7 Å². The van der Waals surface area contributed by atoms with Gasteiger partial charge in [-0.05, 0) is 11.1 Å². The molecule has 2 rings (SSSR count). The van der Waals surface area contributed by atoms with Gasteiger partial charge in [0, 0.05) is 26.2 Å². The second kappa shape index (κ2) is 6.47. The number of ether oxygens (including phenoxy) is 1. The second-order valence-electron chi connectivity index (χ2n) is 4.75. The summed E-state index contributed by atoms with van der Waals surface area (Å²) >= 11 is 0. The first-order valence-electron chi connectivity index (χ1n) is 6.36. The number of rotatable bonds is 5. The van der Waals surface area contributed by atoms with Crippen LogP contribution in [0.2, 0.25) is 0 Å². The summed E-state index contributed by atoms with van der Waals surface area (Å²) in [4.78, 5) is 2.32.